The molecule has 0 amide bonds. The predicted octanol–water partition coefficient (Wildman–Crippen LogP) is 2.94. The van der Waals surface area contributed by atoms with E-state index in [9.17, 15) is 4.79 Å². The van der Waals surface area contributed by atoms with Crippen LogP contribution >= 0.6 is 0 Å². The molecule has 0 radical (unpaired) electrons. The largest absolute Gasteiger partial charge is 0.497 e. The smallest absolute Gasteiger partial charge is 0.255 e. The number of hydrogen-bond donors (Lipinski definition) is 2. The van der Waals surface area contributed by atoms with Crippen LogP contribution in [0.25, 0.3) is 10.9 Å². The molecule has 1 aliphatic heterocycles. The Bertz CT molecular complexity index is 1000. The maximum Gasteiger partial charge on any atom is 0.255 e. The van der Waals surface area contributed by atoms with Crippen LogP contribution < -0.4 is 10.3 Å². The summed E-state index contributed by atoms with van der Waals surface area (Å²) in [6, 6.07) is 6.05. The first-order valence-electron chi connectivity index (χ1n) is 9.03. The Morgan fingerprint density at radius 3 is 2.96 bits per heavy atom. The summed E-state index contributed by atoms with van der Waals surface area (Å²) in [4.78, 5) is 25.7. The van der Waals surface area contributed by atoms with Gasteiger partial charge in [0.2, 0.25) is 0 Å². The normalized spacial score (nSPS) is 14.8. The fraction of sp³-hybridized carbons (Fsp3) is 0.400. The number of nitrogens with zero attached hydrogens (tertiary/aromatic N) is 2. The van der Waals surface area contributed by atoms with Crippen LogP contribution in [0.15, 0.2) is 29.2 Å². The summed E-state index contributed by atoms with van der Waals surface area (Å²) >= 11 is 0. The van der Waals surface area contributed by atoms with Gasteiger partial charge < -0.3 is 14.7 Å². The molecule has 0 spiro atoms. The number of hydrogen-bond acceptors (Lipinski definition) is 4. The van der Waals surface area contributed by atoms with Crippen molar-refractivity contribution in [3.8, 4) is 5.75 Å². The van der Waals surface area contributed by atoms with Gasteiger partial charge in [0.15, 0.2) is 0 Å². The number of H-pyrrole nitrogens is 2. The van der Waals surface area contributed by atoms with Crippen LogP contribution in [0.2, 0.25) is 0 Å². The minimum atomic E-state index is 0.00370. The topological polar surface area (TPSA) is 74.0 Å². The quantitative estimate of drug-likeness (QED) is 0.757. The van der Waals surface area contributed by atoms with Gasteiger partial charge in [0.1, 0.15) is 11.6 Å². The Hall–Kier alpha value is -2.60. The first-order chi connectivity index (χ1) is 12.5. The second-order valence-corrected chi connectivity index (χ2v) is 7.22. The zero-order valence-electron chi connectivity index (χ0n) is 15.4. The third-order valence-corrected chi connectivity index (χ3v) is 5.08. The molecule has 0 saturated carbocycles. The molecule has 4 rings (SSSR count). The fourth-order valence-electron chi connectivity index (χ4n) is 3.56. The summed E-state index contributed by atoms with van der Waals surface area (Å²) in [5.74, 6) is 1.86. The minimum Gasteiger partial charge on any atom is -0.497 e. The Labute approximate surface area is 152 Å². The van der Waals surface area contributed by atoms with Crippen molar-refractivity contribution >= 4 is 10.9 Å². The van der Waals surface area contributed by atoms with E-state index in [-0.39, 0.29) is 11.5 Å². The molecule has 6 nitrogen and oxygen atoms in total. The van der Waals surface area contributed by atoms with Crippen molar-refractivity contribution in [3.05, 3.63) is 57.4 Å². The van der Waals surface area contributed by atoms with E-state index in [4.69, 9.17) is 4.74 Å². The maximum absolute atomic E-state index is 12.5. The van der Waals surface area contributed by atoms with Crippen molar-refractivity contribution in [2.45, 2.75) is 39.3 Å². The summed E-state index contributed by atoms with van der Waals surface area (Å²) in [5, 5.41) is 1.16. The lowest BCUT2D eigenvalue weighted by molar-refractivity contribution is 0.242. The summed E-state index contributed by atoms with van der Waals surface area (Å²) < 4.78 is 5.35. The molecule has 2 aromatic heterocycles. The molecule has 26 heavy (non-hydrogen) atoms. The van der Waals surface area contributed by atoms with Gasteiger partial charge in [-0.1, -0.05) is 13.8 Å². The van der Waals surface area contributed by atoms with Crippen LogP contribution in [0.4, 0.5) is 0 Å². The highest BCUT2D eigenvalue weighted by molar-refractivity contribution is 5.84. The van der Waals surface area contributed by atoms with Gasteiger partial charge in [-0.15, -0.1) is 0 Å². The SMILES string of the molecule is COc1ccc2[nH]cc(CN3CCc4nc(C(C)C)[nH]c(=O)c4C3)c2c1. The van der Waals surface area contributed by atoms with Gasteiger partial charge in [-0.2, -0.15) is 0 Å². The molecule has 1 aromatic carbocycles. The molecule has 2 N–H and O–H groups in total. The van der Waals surface area contributed by atoms with E-state index in [2.05, 4.69) is 25.9 Å². The lowest BCUT2D eigenvalue weighted by atomic mass is 10.0. The third-order valence-electron chi connectivity index (χ3n) is 5.08. The van der Waals surface area contributed by atoms with E-state index in [1.54, 1.807) is 7.11 Å². The van der Waals surface area contributed by atoms with E-state index in [1.807, 2.05) is 32.2 Å². The van der Waals surface area contributed by atoms with Crippen LogP contribution in [0, 0.1) is 0 Å². The van der Waals surface area contributed by atoms with Crippen molar-refractivity contribution in [1.82, 2.24) is 19.9 Å². The maximum atomic E-state index is 12.5. The standard InChI is InChI=1S/C20H24N4O2/c1-12(2)19-22-18-6-7-24(11-16(18)20(25)23-19)10-13-9-21-17-5-4-14(26-3)8-15(13)17/h4-5,8-9,12,21H,6-7,10-11H2,1-3H3,(H,22,23,25). The van der Waals surface area contributed by atoms with E-state index in [0.29, 0.717) is 6.54 Å². The highest BCUT2D eigenvalue weighted by atomic mass is 16.5. The minimum absolute atomic E-state index is 0.00370. The fourth-order valence-corrected chi connectivity index (χ4v) is 3.56. The molecular weight excluding hydrogens is 328 g/mol. The third kappa shape index (κ3) is 3.01. The van der Waals surface area contributed by atoms with Crippen LogP contribution in [-0.2, 0) is 19.5 Å². The molecule has 3 aromatic rings. The number of aromatic amines is 2. The van der Waals surface area contributed by atoms with E-state index in [1.165, 1.54) is 5.56 Å². The molecule has 0 atom stereocenters. The molecule has 0 fully saturated rings. The Morgan fingerprint density at radius 1 is 1.35 bits per heavy atom. The number of benzene rings is 1. The molecule has 0 saturated heterocycles. The highest BCUT2D eigenvalue weighted by Gasteiger charge is 2.22. The first-order valence-corrected chi connectivity index (χ1v) is 9.03. The molecule has 0 unspecified atom stereocenters. The number of rotatable bonds is 4. The number of aromatic nitrogens is 3. The Kier molecular flexibility index (Phi) is 4.28. The monoisotopic (exact) mass is 352 g/mol. The lowest BCUT2D eigenvalue weighted by Crippen LogP contribution is -2.35. The average Bonchev–Trinajstić information content (AvgIpc) is 3.04. The van der Waals surface area contributed by atoms with E-state index < -0.39 is 0 Å². The van der Waals surface area contributed by atoms with E-state index in [0.717, 1.165) is 53.2 Å². The van der Waals surface area contributed by atoms with Crippen molar-refractivity contribution in [3.63, 3.8) is 0 Å². The molecule has 0 aliphatic carbocycles. The predicted molar refractivity (Wildman–Crippen MR) is 102 cm³/mol. The van der Waals surface area contributed by atoms with Gasteiger partial charge >= 0.3 is 0 Å². The van der Waals surface area contributed by atoms with E-state index >= 15 is 0 Å². The van der Waals surface area contributed by atoms with Crippen molar-refractivity contribution in [1.29, 1.82) is 0 Å². The van der Waals surface area contributed by atoms with Gasteiger partial charge in [0.05, 0.1) is 18.4 Å². The summed E-state index contributed by atoms with van der Waals surface area (Å²) in [7, 11) is 1.68. The van der Waals surface area contributed by atoms with Gasteiger partial charge in [-0.05, 0) is 23.8 Å². The zero-order chi connectivity index (χ0) is 18.3. The second kappa shape index (κ2) is 6.61. The Balaban J connectivity index is 1.59. The lowest BCUT2D eigenvalue weighted by Gasteiger charge is -2.27. The van der Waals surface area contributed by atoms with Crippen LogP contribution in [0.3, 0.4) is 0 Å². The second-order valence-electron chi connectivity index (χ2n) is 7.22. The molecule has 3 heterocycles. The number of methoxy groups -OCH3 is 1. The summed E-state index contributed by atoms with van der Waals surface area (Å²) in [5.41, 5.74) is 4.07. The van der Waals surface area contributed by atoms with Crippen molar-refractivity contribution in [2.75, 3.05) is 13.7 Å². The number of ether oxygens (including phenoxy) is 1. The van der Waals surface area contributed by atoms with Crippen LogP contribution in [-0.4, -0.2) is 33.5 Å². The van der Waals surface area contributed by atoms with Crippen molar-refractivity contribution < 1.29 is 4.74 Å². The average molecular weight is 352 g/mol. The zero-order valence-corrected chi connectivity index (χ0v) is 15.4. The van der Waals surface area contributed by atoms with Crippen LogP contribution in [0.5, 0.6) is 5.75 Å². The number of nitrogens with one attached hydrogen (secondary N) is 2. The molecule has 136 valence electrons. The first kappa shape index (κ1) is 16.8. The molecule has 1 aliphatic rings. The Morgan fingerprint density at radius 2 is 2.19 bits per heavy atom. The van der Waals surface area contributed by atoms with Gasteiger partial charge in [0.25, 0.3) is 5.56 Å². The molecule has 0 bridgehead atoms. The molecule has 6 heteroatoms. The van der Waals surface area contributed by atoms with Crippen molar-refractivity contribution in [2.24, 2.45) is 0 Å². The van der Waals surface area contributed by atoms with Gasteiger partial charge in [0, 0.05) is 49.1 Å². The number of fused-ring (bicyclic) bond motifs is 2. The van der Waals surface area contributed by atoms with Crippen LogP contribution in [0.1, 0.15) is 42.4 Å². The van der Waals surface area contributed by atoms with Gasteiger partial charge in [-0.3, -0.25) is 9.69 Å². The van der Waals surface area contributed by atoms with Gasteiger partial charge in [-0.25, -0.2) is 4.98 Å². The molecular formula is C20H24N4O2. The highest BCUT2D eigenvalue weighted by Crippen LogP contribution is 2.26. The summed E-state index contributed by atoms with van der Waals surface area (Å²) in [6.45, 7) is 6.42. The summed E-state index contributed by atoms with van der Waals surface area (Å²) in [6.07, 6.45) is 2.86.